The van der Waals surface area contributed by atoms with Gasteiger partial charge in [-0.05, 0) is 13.0 Å². The van der Waals surface area contributed by atoms with E-state index < -0.39 is 0 Å². The second kappa shape index (κ2) is 8.83. The van der Waals surface area contributed by atoms with Gasteiger partial charge in [0.2, 0.25) is 0 Å². The number of hydrogen-bond acceptors (Lipinski definition) is 1. The minimum absolute atomic E-state index is 0. The molecule has 0 aromatic carbocycles. The third kappa shape index (κ3) is 11.9. The van der Waals surface area contributed by atoms with Crippen molar-refractivity contribution in [2.24, 2.45) is 5.73 Å². The van der Waals surface area contributed by atoms with Gasteiger partial charge >= 0.3 is 0 Å². The molecule has 2 N–H and O–H groups in total. The minimum Gasteiger partial charge on any atom is -0.330 e. The van der Waals surface area contributed by atoms with Gasteiger partial charge in [-0.3, -0.25) is 0 Å². The molecule has 0 heterocycles. The molecule has 1 nitrogen and oxygen atoms in total. The molecule has 0 saturated carbocycles. The number of rotatable bonds is 1. The van der Waals surface area contributed by atoms with Gasteiger partial charge < -0.3 is 5.73 Å². The molecular formula is C3H10IN. The third-order valence-corrected chi connectivity index (χ3v) is 0.289. The molecule has 5 heavy (non-hydrogen) atoms. The zero-order valence-corrected chi connectivity index (χ0v) is 5.73. The van der Waals surface area contributed by atoms with Crippen molar-refractivity contribution in [3.8, 4) is 0 Å². The Labute approximate surface area is 50.0 Å². The van der Waals surface area contributed by atoms with Crippen LogP contribution in [0, 0.1) is 0 Å². The molecule has 0 aliphatic carbocycles. The van der Waals surface area contributed by atoms with Crippen molar-refractivity contribution in [2.45, 2.75) is 13.3 Å². The van der Waals surface area contributed by atoms with Crippen LogP contribution in [0.15, 0.2) is 0 Å². The lowest BCUT2D eigenvalue weighted by molar-refractivity contribution is 0.932. The SMILES string of the molecule is CCCN.I. The first-order valence-corrected chi connectivity index (χ1v) is 1.62. The highest BCUT2D eigenvalue weighted by atomic mass is 127. The molecule has 0 aromatic heterocycles. The first kappa shape index (κ1) is 9.19. The van der Waals surface area contributed by atoms with Gasteiger partial charge in [0, 0.05) is 0 Å². The van der Waals surface area contributed by atoms with Crippen LogP contribution in [0.25, 0.3) is 0 Å². The Morgan fingerprint density at radius 2 is 1.80 bits per heavy atom. The Morgan fingerprint density at radius 3 is 1.80 bits per heavy atom. The molecule has 0 fully saturated rings. The van der Waals surface area contributed by atoms with E-state index in [0.717, 1.165) is 13.0 Å². The van der Waals surface area contributed by atoms with Gasteiger partial charge in [-0.25, -0.2) is 0 Å². The largest absolute Gasteiger partial charge is 0.330 e. The van der Waals surface area contributed by atoms with Gasteiger partial charge in [-0.1, -0.05) is 6.92 Å². The van der Waals surface area contributed by atoms with Crippen LogP contribution in [0.2, 0.25) is 0 Å². The van der Waals surface area contributed by atoms with Crippen LogP contribution in [0.3, 0.4) is 0 Å². The van der Waals surface area contributed by atoms with Crippen molar-refractivity contribution in [3.05, 3.63) is 0 Å². The van der Waals surface area contributed by atoms with Gasteiger partial charge in [-0.2, -0.15) is 0 Å². The minimum atomic E-state index is 0. The predicted molar refractivity (Wildman–Crippen MR) is 34.8 cm³/mol. The standard InChI is InChI=1S/C3H9N.HI/c1-2-3-4;/h2-4H2,1H3;1H. The Bertz CT molecular complexity index is 8.85. The number of hydrogen-bond donors (Lipinski definition) is 1. The number of nitrogens with two attached hydrogens (primary N) is 1. The van der Waals surface area contributed by atoms with Gasteiger partial charge in [-0.15, -0.1) is 24.0 Å². The normalized spacial score (nSPS) is 6.00. The molecule has 2 heteroatoms. The van der Waals surface area contributed by atoms with Crippen LogP contribution in [-0.2, 0) is 0 Å². The van der Waals surface area contributed by atoms with Gasteiger partial charge in [0.15, 0.2) is 0 Å². The average molecular weight is 187 g/mol. The summed E-state index contributed by atoms with van der Waals surface area (Å²) < 4.78 is 0. The fourth-order valence-corrected chi connectivity index (χ4v) is 0. The van der Waals surface area contributed by atoms with Crippen LogP contribution >= 0.6 is 24.0 Å². The van der Waals surface area contributed by atoms with E-state index in [1.165, 1.54) is 0 Å². The van der Waals surface area contributed by atoms with Crippen molar-refractivity contribution in [1.29, 1.82) is 0 Å². The fraction of sp³-hybridized carbons (Fsp3) is 1.00. The zero-order chi connectivity index (χ0) is 3.41. The molecular weight excluding hydrogens is 177 g/mol. The predicted octanol–water partition coefficient (Wildman–Crippen LogP) is 0.973. The van der Waals surface area contributed by atoms with Gasteiger partial charge in [0.25, 0.3) is 0 Å². The highest BCUT2D eigenvalue weighted by Crippen LogP contribution is 1.57. The Morgan fingerprint density at radius 1 is 1.60 bits per heavy atom. The summed E-state index contributed by atoms with van der Waals surface area (Å²) in [5.41, 5.74) is 5.03. The maximum absolute atomic E-state index is 5.03. The van der Waals surface area contributed by atoms with Crippen molar-refractivity contribution in [3.63, 3.8) is 0 Å². The van der Waals surface area contributed by atoms with Gasteiger partial charge in [0.1, 0.15) is 0 Å². The second-order valence-electron chi connectivity index (χ2n) is 0.789. The van der Waals surface area contributed by atoms with Crippen molar-refractivity contribution >= 4 is 24.0 Å². The molecule has 34 valence electrons. The maximum atomic E-state index is 5.03. The van der Waals surface area contributed by atoms with Crippen molar-refractivity contribution < 1.29 is 0 Å². The van der Waals surface area contributed by atoms with Crippen molar-refractivity contribution in [1.82, 2.24) is 0 Å². The fourth-order valence-electron chi connectivity index (χ4n) is 0. The molecule has 0 bridgehead atoms. The van der Waals surface area contributed by atoms with E-state index in [1.54, 1.807) is 0 Å². The topological polar surface area (TPSA) is 26.0 Å². The van der Waals surface area contributed by atoms with Crippen LogP contribution in [-0.4, -0.2) is 6.54 Å². The smallest absolute Gasteiger partial charge is 0.00799 e. The summed E-state index contributed by atoms with van der Waals surface area (Å²) in [4.78, 5) is 0. The lowest BCUT2D eigenvalue weighted by Gasteiger charge is -1.70. The molecule has 0 rings (SSSR count). The van der Waals surface area contributed by atoms with Crippen LogP contribution < -0.4 is 5.73 Å². The molecule has 0 aromatic rings. The quantitative estimate of drug-likeness (QED) is 0.608. The third-order valence-electron chi connectivity index (χ3n) is 0.289. The first-order chi connectivity index (χ1) is 1.91. The van der Waals surface area contributed by atoms with E-state index in [2.05, 4.69) is 6.92 Å². The lowest BCUT2D eigenvalue weighted by atomic mass is 10.5. The Hall–Kier alpha value is 0.690. The van der Waals surface area contributed by atoms with Crippen LogP contribution in [0.1, 0.15) is 13.3 Å². The summed E-state index contributed by atoms with van der Waals surface area (Å²) in [6.45, 7) is 2.88. The van der Waals surface area contributed by atoms with E-state index in [-0.39, 0.29) is 24.0 Å². The molecule has 0 aliphatic heterocycles. The average Bonchev–Trinajstić information content (AvgIpc) is 1.37. The first-order valence-electron chi connectivity index (χ1n) is 1.62. The maximum Gasteiger partial charge on any atom is -0.00799 e. The summed E-state index contributed by atoms with van der Waals surface area (Å²) in [6, 6.07) is 0. The van der Waals surface area contributed by atoms with E-state index in [4.69, 9.17) is 5.73 Å². The summed E-state index contributed by atoms with van der Waals surface area (Å²) in [7, 11) is 0. The molecule has 0 radical (unpaired) electrons. The van der Waals surface area contributed by atoms with E-state index in [9.17, 15) is 0 Å². The molecule has 0 aliphatic rings. The van der Waals surface area contributed by atoms with Gasteiger partial charge in [0.05, 0.1) is 0 Å². The Kier molecular flexibility index (Phi) is 16.2. The lowest BCUT2D eigenvalue weighted by Crippen LogP contribution is -1.93. The Balaban J connectivity index is 0. The van der Waals surface area contributed by atoms with E-state index in [1.807, 2.05) is 0 Å². The van der Waals surface area contributed by atoms with E-state index in [0.29, 0.717) is 0 Å². The second-order valence-corrected chi connectivity index (χ2v) is 0.789. The molecule has 0 saturated heterocycles. The monoisotopic (exact) mass is 187 g/mol. The van der Waals surface area contributed by atoms with Crippen LogP contribution in [0.5, 0.6) is 0 Å². The highest BCUT2D eigenvalue weighted by Gasteiger charge is 1.55. The summed E-state index contributed by atoms with van der Waals surface area (Å²) in [5, 5.41) is 0. The molecule has 0 spiro atoms. The molecule has 0 atom stereocenters. The van der Waals surface area contributed by atoms with Crippen LogP contribution in [0.4, 0.5) is 0 Å². The summed E-state index contributed by atoms with van der Waals surface area (Å²) in [6.07, 6.45) is 1.10. The molecule has 0 unspecified atom stereocenters. The summed E-state index contributed by atoms with van der Waals surface area (Å²) in [5.74, 6) is 0. The van der Waals surface area contributed by atoms with Crippen molar-refractivity contribution in [2.75, 3.05) is 6.54 Å². The highest BCUT2D eigenvalue weighted by molar-refractivity contribution is 14.0. The molecule has 0 amide bonds. The number of halogens is 1. The van der Waals surface area contributed by atoms with E-state index >= 15 is 0 Å². The summed E-state index contributed by atoms with van der Waals surface area (Å²) >= 11 is 0. The zero-order valence-electron chi connectivity index (χ0n) is 3.40.